The molecule has 1 saturated heterocycles. The number of hydrogen-bond acceptors (Lipinski definition) is 5. The zero-order valence-corrected chi connectivity index (χ0v) is 20.9. The van der Waals surface area contributed by atoms with Gasteiger partial charge in [-0.2, -0.15) is 23.4 Å². The van der Waals surface area contributed by atoms with Crippen molar-refractivity contribution in [1.29, 1.82) is 0 Å². The zero-order chi connectivity index (χ0) is 27.4. The molecule has 1 N–H and O–H groups in total. The van der Waals surface area contributed by atoms with Crippen molar-refractivity contribution < 1.29 is 27.5 Å². The third-order valence-corrected chi connectivity index (χ3v) is 6.21. The molecule has 4 heterocycles. The normalized spacial score (nSPS) is 16.4. The number of nitrogens with zero attached hydrogens (tertiary/aromatic N) is 6. The first kappa shape index (κ1) is 27.2. The molecule has 8 nitrogen and oxygen atoms in total. The third-order valence-electron chi connectivity index (χ3n) is 6.21. The summed E-state index contributed by atoms with van der Waals surface area (Å²) in [6.45, 7) is 7.21. The minimum atomic E-state index is -5.08. The van der Waals surface area contributed by atoms with Crippen LogP contribution in [0.2, 0.25) is 0 Å². The monoisotopic (exact) mass is 532 g/mol. The summed E-state index contributed by atoms with van der Waals surface area (Å²) < 4.78 is 49.2. The second kappa shape index (κ2) is 11.3. The van der Waals surface area contributed by atoms with Gasteiger partial charge >= 0.3 is 12.1 Å². The minimum Gasteiger partial charge on any atom is -0.475 e. The summed E-state index contributed by atoms with van der Waals surface area (Å²) in [6.07, 6.45) is 3.19. The van der Waals surface area contributed by atoms with Crippen molar-refractivity contribution in [2.24, 2.45) is 0 Å². The Bertz CT molecular complexity index is 1400. The van der Waals surface area contributed by atoms with Crippen LogP contribution in [0.5, 0.6) is 0 Å². The van der Waals surface area contributed by atoms with Crippen LogP contribution in [0.3, 0.4) is 0 Å². The topological polar surface area (TPSA) is 88.5 Å². The Labute approximate surface area is 216 Å². The summed E-state index contributed by atoms with van der Waals surface area (Å²) in [6, 6.07) is 10.9. The van der Waals surface area contributed by atoms with Gasteiger partial charge in [0.25, 0.3) is 0 Å². The zero-order valence-electron chi connectivity index (χ0n) is 20.9. The maximum absolute atomic E-state index is 13.6. The summed E-state index contributed by atoms with van der Waals surface area (Å²) in [4.78, 5) is 16.2. The molecule has 4 aromatic rings. The maximum Gasteiger partial charge on any atom is 0.490 e. The van der Waals surface area contributed by atoms with Gasteiger partial charge in [-0.15, -0.1) is 0 Å². The molecule has 202 valence electrons. The van der Waals surface area contributed by atoms with Crippen molar-refractivity contribution in [1.82, 2.24) is 29.3 Å². The molecule has 0 spiro atoms. The van der Waals surface area contributed by atoms with E-state index in [0.717, 1.165) is 55.1 Å². The molecule has 0 bridgehead atoms. The molecular formula is C26H28F4N6O2. The van der Waals surface area contributed by atoms with Gasteiger partial charge in [0.05, 0.1) is 6.20 Å². The Balaban J connectivity index is 0.000000426. The number of hydrogen-bond donors (Lipinski definition) is 1. The number of halogens is 4. The Morgan fingerprint density at radius 1 is 1.16 bits per heavy atom. The predicted molar refractivity (Wildman–Crippen MR) is 132 cm³/mol. The van der Waals surface area contributed by atoms with Crippen LogP contribution in [0.25, 0.3) is 16.8 Å². The molecule has 38 heavy (non-hydrogen) atoms. The van der Waals surface area contributed by atoms with Crippen molar-refractivity contribution in [2.45, 2.75) is 51.4 Å². The van der Waals surface area contributed by atoms with Gasteiger partial charge in [0.1, 0.15) is 5.82 Å². The Kier molecular flexibility index (Phi) is 8.10. The number of piperidine rings is 1. The molecule has 0 aliphatic carbocycles. The van der Waals surface area contributed by atoms with Gasteiger partial charge in [-0.3, -0.25) is 9.58 Å². The van der Waals surface area contributed by atoms with E-state index in [1.807, 2.05) is 39.8 Å². The standard InChI is InChI=1S/C24H27FN6.C2HF3O2/c1-17(2)30-14-18(12-26-30)13-29-10-4-6-21(15-29)24-27-23-9-8-20(16-31(23)28-24)19-5-3-7-22(25)11-19;3-2(4,5)1(6)7/h3,5,7-9,11-12,14,16-17,21H,4,6,10,13,15H2,1-2H3;(H,6,7). The summed E-state index contributed by atoms with van der Waals surface area (Å²) in [7, 11) is 0. The van der Waals surface area contributed by atoms with Crippen LogP contribution in [0.1, 0.15) is 50.0 Å². The van der Waals surface area contributed by atoms with Crippen LogP contribution in [0.4, 0.5) is 17.6 Å². The number of carboxylic acids is 1. The van der Waals surface area contributed by atoms with Crippen LogP contribution in [-0.2, 0) is 11.3 Å². The molecule has 0 amide bonds. The second-order valence-corrected chi connectivity index (χ2v) is 9.50. The Morgan fingerprint density at radius 3 is 2.58 bits per heavy atom. The van der Waals surface area contributed by atoms with Gasteiger partial charge < -0.3 is 5.11 Å². The lowest BCUT2D eigenvalue weighted by Gasteiger charge is -2.30. The fourth-order valence-corrected chi connectivity index (χ4v) is 4.32. The lowest BCUT2D eigenvalue weighted by atomic mass is 9.97. The van der Waals surface area contributed by atoms with E-state index in [2.05, 4.69) is 30.0 Å². The van der Waals surface area contributed by atoms with Gasteiger partial charge in [0.2, 0.25) is 0 Å². The summed E-state index contributed by atoms with van der Waals surface area (Å²) in [5.41, 5.74) is 3.84. The highest BCUT2D eigenvalue weighted by Crippen LogP contribution is 2.27. The highest BCUT2D eigenvalue weighted by molar-refractivity contribution is 5.73. The van der Waals surface area contributed by atoms with Crippen LogP contribution >= 0.6 is 0 Å². The first-order valence-corrected chi connectivity index (χ1v) is 12.2. The first-order chi connectivity index (χ1) is 18.0. The van der Waals surface area contributed by atoms with E-state index in [0.29, 0.717) is 12.0 Å². The van der Waals surface area contributed by atoms with Gasteiger partial charge in [-0.25, -0.2) is 18.7 Å². The number of aliphatic carboxylic acids is 1. The highest BCUT2D eigenvalue weighted by atomic mass is 19.4. The number of carbonyl (C=O) groups is 1. The molecule has 1 unspecified atom stereocenters. The lowest BCUT2D eigenvalue weighted by molar-refractivity contribution is -0.192. The van der Waals surface area contributed by atoms with Gasteiger partial charge in [-0.1, -0.05) is 12.1 Å². The van der Waals surface area contributed by atoms with Crippen LogP contribution in [0.15, 0.2) is 55.0 Å². The predicted octanol–water partition coefficient (Wildman–Crippen LogP) is 5.33. The quantitative estimate of drug-likeness (QED) is 0.350. The van der Waals surface area contributed by atoms with Gasteiger partial charge in [-0.05, 0) is 63.1 Å². The number of alkyl halides is 3. The maximum atomic E-state index is 13.6. The molecule has 0 radical (unpaired) electrons. The number of fused-ring (bicyclic) bond motifs is 1. The average molecular weight is 533 g/mol. The molecular weight excluding hydrogens is 504 g/mol. The van der Waals surface area contributed by atoms with E-state index < -0.39 is 12.1 Å². The van der Waals surface area contributed by atoms with Crippen LogP contribution in [0, 0.1) is 5.82 Å². The van der Waals surface area contributed by atoms with Gasteiger partial charge in [0, 0.05) is 48.6 Å². The number of benzene rings is 1. The summed E-state index contributed by atoms with van der Waals surface area (Å²) >= 11 is 0. The highest BCUT2D eigenvalue weighted by Gasteiger charge is 2.38. The van der Waals surface area contributed by atoms with Gasteiger partial charge in [0.15, 0.2) is 11.5 Å². The molecule has 0 saturated carbocycles. The van der Waals surface area contributed by atoms with Crippen molar-refractivity contribution in [3.05, 3.63) is 72.2 Å². The SMILES string of the molecule is CC(C)n1cc(CN2CCCC(c3nc4ccc(-c5cccc(F)c5)cn4n3)C2)cn1.O=C(O)C(F)(F)F. The fraction of sp³-hybridized carbons (Fsp3) is 0.385. The number of rotatable bonds is 5. The summed E-state index contributed by atoms with van der Waals surface area (Å²) in [5.74, 6) is -1.80. The molecule has 1 fully saturated rings. The van der Waals surface area contributed by atoms with Crippen LogP contribution in [-0.4, -0.2) is 59.6 Å². The third kappa shape index (κ3) is 6.74. The van der Waals surface area contributed by atoms with E-state index in [4.69, 9.17) is 20.0 Å². The molecule has 3 aromatic heterocycles. The smallest absolute Gasteiger partial charge is 0.475 e. The lowest BCUT2D eigenvalue weighted by Crippen LogP contribution is -2.34. The largest absolute Gasteiger partial charge is 0.490 e. The second-order valence-electron chi connectivity index (χ2n) is 9.50. The molecule has 1 aliphatic rings. The summed E-state index contributed by atoms with van der Waals surface area (Å²) in [5, 5.41) is 16.4. The fourth-order valence-electron chi connectivity index (χ4n) is 4.32. The Morgan fingerprint density at radius 2 is 1.92 bits per heavy atom. The molecule has 5 rings (SSSR count). The number of aromatic nitrogens is 5. The van der Waals surface area contributed by atoms with Crippen molar-refractivity contribution in [2.75, 3.05) is 13.1 Å². The molecule has 1 aromatic carbocycles. The van der Waals surface area contributed by atoms with Crippen LogP contribution < -0.4 is 0 Å². The number of pyridine rings is 1. The Hall–Kier alpha value is -3.80. The molecule has 12 heteroatoms. The first-order valence-electron chi connectivity index (χ1n) is 12.2. The van der Waals surface area contributed by atoms with E-state index >= 15 is 0 Å². The van der Waals surface area contributed by atoms with E-state index in [1.165, 1.54) is 11.6 Å². The van der Waals surface area contributed by atoms with Crippen molar-refractivity contribution >= 4 is 11.6 Å². The average Bonchev–Trinajstić information content (AvgIpc) is 3.51. The molecule has 1 atom stereocenters. The van der Waals surface area contributed by atoms with E-state index in [1.54, 1.807) is 12.1 Å². The van der Waals surface area contributed by atoms with Crippen molar-refractivity contribution in [3.63, 3.8) is 0 Å². The van der Waals surface area contributed by atoms with Crippen molar-refractivity contribution in [3.8, 4) is 11.1 Å². The minimum absolute atomic E-state index is 0.238. The molecule has 1 aliphatic heterocycles. The number of likely N-dealkylation sites (tertiary alicyclic amines) is 1. The van der Waals surface area contributed by atoms with E-state index in [-0.39, 0.29) is 5.82 Å². The van der Waals surface area contributed by atoms with E-state index in [9.17, 15) is 17.6 Å². The number of carboxylic acid groups (broad SMARTS) is 1.